The molecule has 1 fully saturated rings. The Kier molecular flexibility index (Phi) is 40.0. The van der Waals surface area contributed by atoms with Crippen molar-refractivity contribution in [1.82, 2.24) is 6.15 Å². The molecule has 0 aliphatic carbocycles. The van der Waals surface area contributed by atoms with Gasteiger partial charge in [-0.1, -0.05) is 6.92 Å². The number of aliphatic hydroxyl groups is 1. The van der Waals surface area contributed by atoms with E-state index in [-0.39, 0.29) is 17.1 Å². The monoisotopic (exact) mass is 201 g/mol. The molecule has 0 radical (unpaired) electrons. The highest BCUT2D eigenvalue weighted by molar-refractivity contribution is 4.37. The van der Waals surface area contributed by atoms with Crippen molar-refractivity contribution in [3.05, 3.63) is 0 Å². The van der Waals surface area contributed by atoms with Crippen molar-refractivity contribution in [3.63, 3.8) is 0 Å². The van der Waals surface area contributed by atoms with Gasteiger partial charge in [-0.3, -0.25) is 0 Å². The van der Waals surface area contributed by atoms with Crippen molar-refractivity contribution >= 4 is 0 Å². The SMILES string of the molecule is C1COCCO1.CCCO.N.O.O. The predicted molar refractivity (Wildman–Crippen MR) is 51.3 cm³/mol. The molecule has 6 nitrogen and oxygen atoms in total. The second-order valence-corrected chi connectivity index (χ2v) is 1.95. The van der Waals surface area contributed by atoms with E-state index in [1.165, 1.54) is 0 Å². The highest BCUT2D eigenvalue weighted by Crippen LogP contribution is 1.85. The maximum Gasteiger partial charge on any atom is 0.0701 e. The fourth-order valence-corrected chi connectivity index (χ4v) is 0.440. The highest BCUT2D eigenvalue weighted by Gasteiger charge is 1.94. The third kappa shape index (κ3) is 24.5. The molecular weight excluding hydrogens is 178 g/mol. The fraction of sp³-hybridized carbons (Fsp3) is 1.00. The van der Waals surface area contributed by atoms with E-state index in [1.807, 2.05) is 6.92 Å². The zero-order valence-electron chi connectivity index (χ0n) is 8.21. The molecule has 0 aromatic carbocycles. The summed E-state index contributed by atoms with van der Waals surface area (Å²) in [5, 5.41) is 7.88. The molecule has 13 heavy (non-hydrogen) atoms. The van der Waals surface area contributed by atoms with Gasteiger partial charge in [-0.25, -0.2) is 0 Å². The van der Waals surface area contributed by atoms with Crippen LogP contribution < -0.4 is 6.15 Å². The van der Waals surface area contributed by atoms with Gasteiger partial charge in [0.25, 0.3) is 0 Å². The van der Waals surface area contributed by atoms with Gasteiger partial charge in [-0.15, -0.1) is 0 Å². The van der Waals surface area contributed by atoms with Crippen LogP contribution in [-0.4, -0.2) is 49.1 Å². The minimum atomic E-state index is 0. The molecule has 1 aliphatic heterocycles. The van der Waals surface area contributed by atoms with Crippen molar-refractivity contribution in [2.24, 2.45) is 0 Å². The molecular formula is C7H23NO5. The van der Waals surface area contributed by atoms with Crippen LogP contribution in [0.25, 0.3) is 0 Å². The van der Waals surface area contributed by atoms with E-state index in [9.17, 15) is 0 Å². The Bertz CT molecular complexity index is 47.3. The molecule has 0 bridgehead atoms. The van der Waals surface area contributed by atoms with Crippen LogP contribution in [0.2, 0.25) is 0 Å². The van der Waals surface area contributed by atoms with Crippen molar-refractivity contribution in [3.8, 4) is 0 Å². The second-order valence-electron chi connectivity index (χ2n) is 1.95. The zero-order chi connectivity index (χ0) is 7.66. The van der Waals surface area contributed by atoms with Crippen LogP contribution in [0.15, 0.2) is 0 Å². The largest absolute Gasteiger partial charge is 0.412 e. The zero-order valence-corrected chi connectivity index (χ0v) is 8.21. The summed E-state index contributed by atoms with van der Waals surface area (Å²) >= 11 is 0. The Balaban J connectivity index is -0.0000000536. The predicted octanol–water partition coefficient (Wildman–Crippen LogP) is -1.07. The maximum absolute atomic E-state index is 7.88. The van der Waals surface area contributed by atoms with Crippen molar-refractivity contribution in [2.75, 3.05) is 33.0 Å². The van der Waals surface area contributed by atoms with E-state index >= 15 is 0 Å². The molecule has 1 rings (SSSR count). The molecule has 1 aliphatic rings. The van der Waals surface area contributed by atoms with Crippen molar-refractivity contribution in [2.45, 2.75) is 13.3 Å². The van der Waals surface area contributed by atoms with Crippen molar-refractivity contribution < 1.29 is 25.5 Å². The molecule has 0 unspecified atom stereocenters. The summed E-state index contributed by atoms with van der Waals surface area (Å²) < 4.78 is 9.89. The molecule has 0 spiro atoms. The molecule has 0 aromatic heterocycles. The van der Waals surface area contributed by atoms with Crippen molar-refractivity contribution in [1.29, 1.82) is 0 Å². The molecule has 0 saturated carbocycles. The average Bonchev–Trinajstić information content (AvgIpc) is 2.08. The Morgan fingerprint density at radius 2 is 1.23 bits per heavy atom. The summed E-state index contributed by atoms with van der Waals surface area (Å²) in [4.78, 5) is 0. The Morgan fingerprint density at radius 3 is 1.31 bits per heavy atom. The third-order valence-corrected chi connectivity index (χ3v) is 0.968. The lowest BCUT2D eigenvalue weighted by Crippen LogP contribution is -2.16. The number of rotatable bonds is 1. The molecule has 1 heterocycles. The van der Waals surface area contributed by atoms with E-state index in [0.29, 0.717) is 6.61 Å². The van der Waals surface area contributed by atoms with Crippen LogP contribution in [0.1, 0.15) is 13.3 Å². The first kappa shape index (κ1) is 23.0. The van der Waals surface area contributed by atoms with Gasteiger partial charge in [0, 0.05) is 6.61 Å². The summed E-state index contributed by atoms with van der Waals surface area (Å²) in [6.45, 7) is 5.36. The first-order chi connectivity index (χ1) is 4.91. The quantitative estimate of drug-likeness (QED) is 0.558. The number of ether oxygens (including phenoxy) is 2. The lowest BCUT2D eigenvalue weighted by molar-refractivity contribution is -0.0334. The standard InChI is InChI=1S/C4H8O2.C3H8O.H3N.2H2O/c1-2-6-4-3-5-1;1-2-3-4;;;/h1-4H2;4H,2-3H2,1H3;1H3;2*1H2. The van der Waals surface area contributed by atoms with Crippen LogP contribution in [-0.2, 0) is 9.47 Å². The van der Waals surface area contributed by atoms with Gasteiger partial charge in [-0.05, 0) is 6.42 Å². The highest BCUT2D eigenvalue weighted by atomic mass is 16.6. The van der Waals surface area contributed by atoms with E-state index < -0.39 is 0 Å². The molecule has 6 heteroatoms. The van der Waals surface area contributed by atoms with E-state index in [2.05, 4.69) is 0 Å². The Hall–Kier alpha value is -0.240. The topological polar surface area (TPSA) is 137 Å². The van der Waals surface area contributed by atoms with Gasteiger partial charge in [0.2, 0.25) is 0 Å². The molecule has 8 N–H and O–H groups in total. The molecule has 0 aromatic rings. The van der Waals surface area contributed by atoms with Gasteiger partial charge in [0.05, 0.1) is 26.4 Å². The smallest absolute Gasteiger partial charge is 0.0701 e. The molecule has 1 saturated heterocycles. The summed E-state index contributed by atoms with van der Waals surface area (Å²) in [5.41, 5.74) is 0. The summed E-state index contributed by atoms with van der Waals surface area (Å²) in [6, 6.07) is 0. The van der Waals surface area contributed by atoms with E-state index in [1.54, 1.807) is 0 Å². The third-order valence-electron chi connectivity index (χ3n) is 0.968. The second kappa shape index (κ2) is 22.6. The van der Waals surface area contributed by atoms with Crippen LogP contribution in [0.5, 0.6) is 0 Å². The summed E-state index contributed by atoms with van der Waals surface area (Å²) in [5.74, 6) is 0. The summed E-state index contributed by atoms with van der Waals surface area (Å²) in [7, 11) is 0. The average molecular weight is 201 g/mol. The van der Waals surface area contributed by atoms with Gasteiger partial charge in [0.1, 0.15) is 0 Å². The normalized spacial score (nSPS) is 13.4. The molecule has 86 valence electrons. The van der Waals surface area contributed by atoms with E-state index in [4.69, 9.17) is 14.6 Å². The minimum absolute atomic E-state index is 0. The summed E-state index contributed by atoms with van der Waals surface area (Å²) in [6.07, 6.45) is 0.875. The van der Waals surface area contributed by atoms with Gasteiger partial charge >= 0.3 is 0 Å². The van der Waals surface area contributed by atoms with Crippen LogP contribution in [0.3, 0.4) is 0 Å². The van der Waals surface area contributed by atoms with Gasteiger partial charge in [-0.2, -0.15) is 0 Å². The molecule has 0 atom stereocenters. The van der Waals surface area contributed by atoms with Gasteiger partial charge < -0.3 is 31.7 Å². The first-order valence-corrected chi connectivity index (χ1v) is 3.68. The Labute approximate surface area is 79.0 Å². The van der Waals surface area contributed by atoms with Crippen LogP contribution in [0, 0.1) is 0 Å². The maximum atomic E-state index is 7.88. The number of aliphatic hydroxyl groups excluding tert-OH is 1. The van der Waals surface area contributed by atoms with Crippen LogP contribution in [0.4, 0.5) is 0 Å². The Morgan fingerprint density at radius 1 is 1.00 bits per heavy atom. The first-order valence-electron chi connectivity index (χ1n) is 3.68. The fourth-order valence-electron chi connectivity index (χ4n) is 0.440. The number of hydrogen-bond donors (Lipinski definition) is 2. The van der Waals surface area contributed by atoms with Gasteiger partial charge in [0.15, 0.2) is 0 Å². The van der Waals surface area contributed by atoms with Crippen LogP contribution >= 0.6 is 0 Å². The lowest BCUT2D eigenvalue weighted by atomic mass is 10.5. The lowest BCUT2D eigenvalue weighted by Gasteiger charge is -2.09. The minimum Gasteiger partial charge on any atom is -0.412 e. The molecule has 0 amide bonds. The number of hydrogen-bond acceptors (Lipinski definition) is 4. The van der Waals surface area contributed by atoms with E-state index in [0.717, 1.165) is 32.8 Å².